The second kappa shape index (κ2) is 8.24. The van der Waals surface area contributed by atoms with E-state index < -0.39 is 0 Å². The maximum absolute atomic E-state index is 11.3. The van der Waals surface area contributed by atoms with Crippen LogP contribution in [0, 0.1) is 10.1 Å². The summed E-state index contributed by atoms with van der Waals surface area (Å²) in [6, 6.07) is 25.9. The molecule has 1 fully saturated rings. The molecule has 1 N–H and O–H groups in total. The van der Waals surface area contributed by atoms with Crippen molar-refractivity contribution in [3.8, 4) is 5.69 Å². The molecule has 2 atom stereocenters. The van der Waals surface area contributed by atoms with Gasteiger partial charge in [-0.25, -0.2) is 0 Å². The molecule has 1 aliphatic heterocycles. The number of aromatic nitrogens is 2. The van der Waals surface area contributed by atoms with Gasteiger partial charge < -0.3 is 14.8 Å². The van der Waals surface area contributed by atoms with Gasteiger partial charge in [0.1, 0.15) is 6.04 Å². The van der Waals surface area contributed by atoms with E-state index in [1.54, 1.807) is 18.3 Å². The highest BCUT2D eigenvalue weighted by molar-refractivity contribution is 7.80. The highest BCUT2D eigenvalue weighted by atomic mass is 32.1. The molecule has 1 aliphatic rings. The predicted molar refractivity (Wildman–Crippen MR) is 127 cm³/mol. The normalized spacial score (nSPS) is 17.9. The largest absolute Gasteiger partial charge is 0.351 e. The number of rotatable bonds is 5. The standard InChI is InChI=1S/C24H19N5O2S/c30-29(31)19-11-6-10-18(16-19)27-15-7-13-21(27)23-22(20-12-4-5-14-25-20)26-24(32)28(23)17-8-2-1-3-9-17/h1-16,22-23H,(H,26,32)/t22-,23+/m0/s1. The average Bonchev–Trinajstić information content (AvgIpc) is 3.44. The fourth-order valence-electron chi connectivity index (χ4n) is 4.15. The SMILES string of the molecule is O=[N+]([O-])c1cccc(-n2cccc2[C@@H]2[C@H](c3ccccn3)NC(=S)N2c2ccccc2)c1. The summed E-state index contributed by atoms with van der Waals surface area (Å²) < 4.78 is 1.97. The van der Waals surface area contributed by atoms with E-state index in [-0.39, 0.29) is 22.7 Å². The van der Waals surface area contributed by atoms with Crippen LogP contribution < -0.4 is 10.2 Å². The first-order valence-electron chi connectivity index (χ1n) is 10.1. The average molecular weight is 442 g/mol. The number of anilines is 1. The molecule has 5 rings (SSSR count). The monoisotopic (exact) mass is 441 g/mol. The lowest BCUT2D eigenvalue weighted by Gasteiger charge is -2.29. The Bertz CT molecular complexity index is 1280. The fraction of sp³-hybridized carbons (Fsp3) is 0.0833. The zero-order valence-electron chi connectivity index (χ0n) is 16.9. The molecule has 7 nitrogen and oxygen atoms in total. The van der Waals surface area contributed by atoms with Crippen molar-refractivity contribution in [3.63, 3.8) is 0 Å². The van der Waals surface area contributed by atoms with E-state index in [2.05, 4.69) is 15.2 Å². The molecule has 2 aromatic heterocycles. The molecule has 3 heterocycles. The van der Waals surface area contributed by atoms with Crippen LogP contribution in [0.4, 0.5) is 11.4 Å². The Kier molecular flexibility index (Phi) is 5.12. The Hall–Kier alpha value is -4.04. The minimum atomic E-state index is -0.383. The van der Waals surface area contributed by atoms with Crippen molar-refractivity contribution in [2.75, 3.05) is 4.90 Å². The lowest BCUT2D eigenvalue weighted by molar-refractivity contribution is -0.384. The van der Waals surface area contributed by atoms with Gasteiger partial charge in [0, 0.05) is 35.9 Å². The van der Waals surface area contributed by atoms with Crippen molar-refractivity contribution in [2.45, 2.75) is 12.1 Å². The topological polar surface area (TPSA) is 76.2 Å². The summed E-state index contributed by atoms with van der Waals surface area (Å²) in [4.78, 5) is 17.6. The molecule has 0 bridgehead atoms. The van der Waals surface area contributed by atoms with Gasteiger partial charge >= 0.3 is 0 Å². The Morgan fingerprint density at radius 3 is 2.47 bits per heavy atom. The second-order valence-electron chi connectivity index (χ2n) is 7.41. The Labute approximate surface area is 190 Å². The third-order valence-electron chi connectivity index (χ3n) is 5.53. The first kappa shape index (κ1) is 19.9. The molecule has 158 valence electrons. The summed E-state index contributed by atoms with van der Waals surface area (Å²) in [5, 5.41) is 15.4. The summed E-state index contributed by atoms with van der Waals surface area (Å²) in [5.74, 6) is 0. The first-order chi connectivity index (χ1) is 15.6. The first-order valence-corrected chi connectivity index (χ1v) is 10.5. The molecule has 32 heavy (non-hydrogen) atoms. The van der Waals surface area contributed by atoms with Crippen molar-refractivity contribution < 1.29 is 4.92 Å². The number of nitro groups is 1. The third kappa shape index (κ3) is 3.50. The lowest BCUT2D eigenvalue weighted by atomic mass is 10.0. The zero-order valence-corrected chi connectivity index (χ0v) is 17.7. The van der Waals surface area contributed by atoms with Gasteiger partial charge in [-0.1, -0.05) is 30.3 Å². The summed E-state index contributed by atoms with van der Waals surface area (Å²) in [6.07, 6.45) is 3.68. The molecule has 0 spiro atoms. The number of pyridine rings is 1. The summed E-state index contributed by atoms with van der Waals surface area (Å²) >= 11 is 5.75. The van der Waals surface area contributed by atoms with Gasteiger partial charge in [-0.15, -0.1) is 0 Å². The molecule has 0 aliphatic carbocycles. The van der Waals surface area contributed by atoms with Crippen molar-refractivity contribution in [1.29, 1.82) is 0 Å². The van der Waals surface area contributed by atoms with Gasteiger partial charge in [-0.05, 0) is 54.7 Å². The number of para-hydroxylation sites is 1. The van der Waals surface area contributed by atoms with Crippen LogP contribution in [0.3, 0.4) is 0 Å². The van der Waals surface area contributed by atoms with Crippen LogP contribution in [-0.4, -0.2) is 19.6 Å². The number of hydrogen-bond acceptors (Lipinski definition) is 4. The van der Waals surface area contributed by atoms with Crippen LogP contribution in [0.1, 0.15) is 23.5 Å². The quantitative estimate of drug-likeness (QED) is 0.268. The van der Waals surface area contributed by atoms with Crippen LogP contribution in [-0.2, 0) is 0 Å². The number of benzene rings is 2. The van der Waals surface area contributed by atoms with Gasteiger partial charge in [-0.2, -0.15) is 0 Å². The van der Waals surface area contributed by atoms with Gasteiger partial charge in [0.25, 0.3) is 5.69 Å². The molecule has 4 aromatic rings. The molecule has 1 saturated heterocycles. The minimum Gasteiger partial charge on any atom is -0.351 e. The second-order valence-corrected chi connectivity index (χ2v) is 7.80. The van der Waals surface area contributed by atoms with E-state index in [1.165, 1.54) is 6.07 Å². The molecule has 2 aromatic carbocycles. The number of thiocarbonyl (C=S) groups is 1. The molecule has 0 radical (unpaired) electrons. The number of nitro benzene ring substituents is 1. The van der Waals surface area contributed by atoms with Gasteiger partial charge in [0.05, 0.1) is 22.3 Å². The Morgan fingerprint density at radius 1 is 0.938 bits per heavy atom. The Balaban J connectivity index is 1.66. The van der Waals surface area contributed by atoms with Crippen LogP contribution in [0.2, 0.25) is 0 Å². The van der Waals surface area contributed by atoms with Crippen LogP contribution >= 0.6 is 12.2 Å². The fourth-order valence-corrected chi connectivity index (χ4v) is 4.49. The van der Waals surface area contributed by atoms with Crippen LogP contribution in [0.5, 0.6) is 0 Å². The summed E-state index contributed by atoms with van der Waals surface area (Å²) in [6.45, 7) is 0. The molecule has 0 saturated carbocycles. The molecular formula is C24H19N5O2S. The van der Waals surface area contributed by atoms with Crippen molar-refractivity contribution >= 4 is 28.7 Å². The maximum atomic E-state index is 11.3. The highest BCUT2D eigenvalue weighted by Gasteiger charge is 2.42. The zero-order chi connectivity index (χ0) is 22.1. The van der Waals surface area contributed by atoms with Gasteiger partial charge in [-0.3, -0.25) is 15.1 Å². The Morgan fingerprint density at radius 2 is 1.72 bits per heavy atom. The molecular weight excluding hydrogens is 422 g/mol. The third-order valence-corrected chi connectivity index (χ3v) is 5.85. The van der Waals surface area contributed by atoms with Crippen LogP contribution in [0.15, 0.2) is 97.3 Å². The number of non-ortho nitro benzene ring substituents is 1. The van der Waals surface area contributed by atoms with Crippen molar-refractivity contribution in [3.05, 3.63) is 119 Å². The van der Waals surface area contributed by atoms with E-state index in [9.17, 15) is 10.1 Å². The van der Waals surface area contributed by atoms with Gasteiger partial charge in [0.2, 0.25) is 0 Å². The molecule has 8 heteroatoms. The summed E-state index contributed by atoms with van der Waals surface area (Å²) in [5.41, 5.74) is 3.52. The number of nitrogens with zero attached hydrogens (tertiary/aromatic N) is 4. The van der Waals surface area contributed by atoms with Crippen molar-refractivity contribution in [1.82, 2.24) is 14.9 Å². The van der Waals surface area contributed by atoms with E-state index in [0.29, 0.717) is 10.8 Å². The number of nitrogens with one attached hydrogen (secondary N) is 1. The minimum absolute atomic E-state index is 0.0448. The maximum Gasteiger partial charge on any atom is 0.271 e. The van der Waals surface area contributed by atoms with Crippen LogP contribution in [0.25, 0.3) is 5.69 Å². The predicted octanol–water partition coefficient (Wildman–Crippen LogP) is 4.96. The van der Waals surface area contributed by atoms with E-state index in [0.717, 1.165) is 17.1 Å². The van der Waals surface area contributed by atoms with Crippen molar-refractivity contribution in [2.24, 2.45) is 0 Å². The van der Waals surface area contributed by atoms with E-state index in [4.69, 9.17) is 12.2 Å². The molecule has 0 unspecified atom stereocenters. The van der Waals surface area contributed by atoms with E-state index >= 15 is 0 Å². The van der Waals surface area contributed by atoms with E-state index in [1.807, 2.05) is 77.5 Å². The highest BCUT2D eigenvalue weighted by Crippen LogP contribution is 2.42. The lowest BCUT2D eigenvalue weighted by Crippen LogP contribution is -2.30. The summed E-state index contributed by atoms with van der Waals surface area (Å²) in [7, 11) is 0. The number of hydrogen-bond donors (Lipinski definition) is 1. The smallest absolute Gasteiger partial charge is 0.271 e. The van der Waals surface area contributed by atoms with Gasteiger partial charge in [0.15, 0.2) is 5.11 Å². The molecule has 0 amide bonds.